The van der Waals surface area contributed by atoms with Crippen LogP contribution in [0.4, 0.5) is 10.8 Å². The fourth-order valence-electron chi connectivity index (χ4n) is 1.92. The third-order valence-electron chi connectivity index (χ3n) is 2.96. The minimum Gasteiger partial charge on any atom is -0.444 e. The summed E-state index contributed by atoms with van der Waals surface area (Å²) in [7, 11) is 0. The van der Waals surface area contributed by atoms with Crippen molar-refractivity contribution in [3.63, 3.8) is 0 Å². The van der Waals surface area contributed by atoms with Crippen molar-refractivity contribution in [2.75, 3.05) is 31.1 Å². The molecule has 1 fully saturated rings. The smallest absolute Gasteiger partial charge is 0.410 e. The van der Waals surface area contributed by atoms with Gasteiger partial charge in [-0.05, 0) is 20.8 Å². The van der Waals surface area contributed by atoms with Gasteiger partial charge in [0.15, 0.2) is 0 Å². The highest BCUT2D eigenvalue weighted by molar-refractivity contribution is 5.68. The molecule has 0 atom stereocenters. The molecule has 0 aromatic carbocycles. The second-order valence-electron chi connectivity index (χ2n) is 5.79. The molecule has 0 radical (unpaired) electrons. The molecule has 1 aromatic rings. The molecule has 0 aliphatic carbocycles. The lowest BCUT2D eigenvalue weighted by atomic mass is 10.2. The highest BCUT2D eigenvalue weighted by Gasteiger charge is 2.27. The van der Waals surface area contributed by atoms with Gasteiger partial charge in [-0.3, -0.25) is 0 Å². The molecule has 0 unspecified atom stereocenters. The van der Waals surface area contributed by atoms with Crippen molar-refractivity contribution < 1.29 is 13.9 Å². The van der Waals surface area contributed by atoms with Crippen LogP contribution in [0.1, 0.15) is 33.6 Å². The van der Waals surface area contributed by atoms with Crippen LogP contribution in [0.2, 0.25) is 0 Å². The first-order chi connectivity index (χ1) is 9.39. The van der Waals surface area contributed by atoms with Crippen LogP contribution in [0.25, 0.3) is 0 Å². The Bertz CT molecular complexity index is 458. The number of carbonyl (C=O) groups is 1. The lowest BCUT2D eigenvalue weighted by Gasteiger charge is -2.34. The number of aryl methyl sites for hydroxylation is 1. The molecule has 7 nitrogen and oxygen atoms in total. The molecule has 1 amide bonds. The van der Waals surface area contributed by atoms with Gasteiger partial charge in [0, 0.05) is 32.6 Å². The maximum absolute atomic E-state index is 11.9. The van der Waals surface area contributed by atoms with E-state index in [0.29, 0.717) is 38.1 Å². The minimum atomic E-state index is -0.462. The van der Waals surface area contributed by atoms with Crippen molar-refractivity contribution in [2.24, 2.45) is 0 Å². The van der Waals surface area contributed by atoms with E-state index in [4.69, 9.17) is 9.15 Å². The molecule has 1 aliphatic rings. The third kappa shape index (κ3) is 3.61. The molecule has 2 heterocycles. The van der Waals surface area contributed by atoms with Gasteiger partial charge in [0.2, 0.25) is 5.89 Å². The molecule has 7 heteroatoms. The second-order valence-corrected chi connectivity index (χ2v) is 5.79. The van der Waals surface area contributed by atoms with Crippen LogP contribution in [-0.4, -0.2) is 53.0 Å². The standard InChI is InChI=1S/C13H22N4O3/c1-5-10-14-15-11(19-10)16-6-8-17(9-7-16)12(18)20-13(2,3)4/h5-9H2,1-4H3. The van der Waals surface area contributed by atoms with E-state index in [-0.39, 0.29) is 6.09 Å². The average Bonchev–Trinajstić information content (AvgIpc) is 2.85. The van der Waals surface area contributed by atoms with Gasteiger partial charge in [-0.25, -0.2) is 4.79 Å². The molecular formula is C13H22N4O3. The van der Waals surface area contributed by atoms with Crippen molar-refractivity contribution in [3.05, 3.63) is 5.89 Å². The van der Waals surface area contributed by atoms with Crippen LogP contribution >= 0.6 is 0 Å². The quantitative estimate of drug-likeness (QED) is 0.822. The Morgan fingerprint density at radius 3 is 2.40 bits per heavy atom. The Balaban J connectivity index is 1.87. The predicted octanol–water partition coefficient (Wildman–Crippen LogP) is 1.69. The summed E-state index contributed by atoms with van der Waals surface area (Å²) in [6, 6.07) is 0.533. The van der Waals surface area contributed by atoms with Gasteiger partial charge in [-0.2, -0.15) is 0 Å². The molecule has 0 bridgehead atoms. The molecule has 2 rings (SSSR count). The zero-order valence-corrected chi connectivity index (χ0v) is 12.5. The monoisotopic (exact) mass is 282 g/mol. The summed E-state index contributed by atoms with van der Waals surface area (Å²) in [5, 5.41) is 7.96. The van der Waals surface area contributed by atoms with Crippen LogP contribution in [0.5, 0.6) is 0 Å². The first-order valence-electron chi connectivity index (χ1n) is 6.94. The van der Waals surface area contributed by atoms with E-state index in [1.807, 2.05) is 32.6 Å². The van der Waals surface area contributed by atoms with Crippen LogP contribution in [0.3, 0.4) is 0 Å². The van der Waals surface area contributed by atoms with Crippen molar-refractivity contribution in [3.8, 4) is 0 Å². The molecule has 1 saturated heterocycles. The number of rotatable bonds is 2. The molecule has 0 spiro atoms. The summed E-state index contributed by atoms with van der Waals surface area (Å²) in [5.74, 6) is 0.634. The second kappa shape index (κ2) is 5.68. The molecule has 0 saturated carbocycles. The van der Waals surface area contributed by atoms with Gasteiger partial charge >= 0.3 is 12.1 Å². The summed E-state index contributed by atoms with van der Waals surface area (Å²) in [6.07, 6.45) is 0.460. The minimum absolute atomic E-state index is 0.267. The Labute approximate surface area is 118 Å². The summed E-state index contributed by atoms with van der Waals surface area (Å²) < 4.78 is 10.9. The predicted molar refractivity (Wildman–Crippen MR) is 73.7 cm³/mol. The first kappa shape index (κ1) is 14.6. The molecule has 1 aromatic heterocycles. The topological polar surface area (TPSA) is 71.7 Å². The van der Waals surface area contributed by atoms with E-state index in [2.05, 4.69) is 10.2 Å². The zero-order chi connectivity index (χ0) is 14.8. The number of carbonyl (C=O) groups excluding carboxylic acids is 1. The summed E-state index contributed by atoms with van der Waals surface area (Å²) >= 11 is 0. The van der Waals surface area contributed by atoms with Crippen molar-refractivity contribution in [2.45, 2.75) is 39.7 Å². The Morgan fingerprint density at radius 2 is 1.90 bits per heavy atom. The van der Waals surface area contributed by atoms with E-state index in [1.54, 1.807) is 4.90 Å². The van der Waals surface area contributed by atoms with Gasteiger partial charge in [0.25, 0.3) is 0 Å². The van der Waals surface area contributed by atoms with Crippen molar-refractivity contribution >= 4 is 12.1 Å². The Morgan fingerprint density at radius 1 is 1.25 bits per heavy atom. The normalized spacial score (nSPS) is 16.4. The van der Waals surface area contributed by atoms with E-state index in [1.165, 1.54) is 0 Å². The van der Waals surface area contributed by atoms with Crippen LogP contribution in [0, 0.1) is 0 Å². The highest BCUT2D eigenvalue weighted by Crippen LogP contribution is 2.16. The van der Waals surface area contributed by atoms with Gasteiger partial charge < -0.3 is 19.0 Å². The van der Waals surface area contributed by atoms with Crippen molar-refractivity contribution in [1.29, 1.82) is 0 Å². The molecular weight excluding hydrogens is 260 g/mol. The number of anilines is 1. The molecule has 0 N–H and O–H groups in total. The number of hydrogen-bond donors (Lipinski definition) is 0. The fourth-order valence-corrected chi connectivity index (χ4v) is 1.92. The largest absolute Gasteiger partial charge is 0.444 e. The number of ether oxygens (including phenoxy) is 1. The van der Waals surface area contributed by atoms with Crippen LogP contribution in [0.15, 0.2) is 4.42 Å². The number of amides is 1. The molecule has 1 aliphatic heterocycles. The maximum atomic E-state index is 11.9. The van der Waals surface area contributed by atoms with Gasteiger partial charge in [-0.15, -0.1) is 5.10 Å². The molecule has 112 valence electrons. The summed E-state index contributed by atoms with van der Waals surface area (Å²) in [4.78, 5) is 15.6. The third-order valence-corrected chi connectivity index (χ3v) is 2.96. The fraction of sp³-hybridized carbons (Fsp3) is 0.769. The first-order valence-corrected chi connectivity index (χ1v) is 6.94. The summed E-state index contributed by atoms with van der Waals surface area (Å²) in [5.41, 5.74) is -0.462. The Hall–Kier alpha value is -1.79. The van der Waals surface area contributed by atoms with E-state index in [9.17, 15) is 4.79 Å². The van der Waals surface area contributed by atoms with E-state index >= 15 is 0 Å². The summed E-state index contributed by atoms with van der Waals surface area (Å²) in [6.45, 7) is 10.1. The number of piperazine rings is 1. The van der Waals surface area contributed by atoms with E-state index in [0.717, 1.165) is 6.42 Å². The number of aromatic nitrogens is 2. The molecule has 20 heavy (non-hydrogen) atoms. The average molecular weight is 282 g/mol. The van der Waals surface area contributed by atoms with Crippen molar-refractivity contribution in [1.82, 2.24) is 15.1 Å². The van der Waals surface area contributed by atoms with Crippen LogP contribution < -0.4 is 4.90 Å². The number of nitrogens with zero attached hydrogens (tertiary/aromatic N) is 4. The number of hydrogen-bond acceptors (Lipinski definition) is 6. The maximum Gasteiger partial charge on any atom is 0.410 e. The zero-order valence-electron chi connectivity index (χ0n) is 12.5. The van der Waals surface area contributed by atoms with Gasteiger partial charge in [-0.1, -0.05) is 12.0 Å². The van der Waals surface area contributed by atoms with E-state index < -0.39 is 5.60 Å². The highest BCUT2D eigenvalue weighted by atomic mass is 16.6. The Kier molecular flexibility index (Phi) is 4.15. The lowest BCUT2D eigenvalue weighted by Crippen LogP contribution is -2.50. The lowest BCUT2D eigenvalue weighted by molar-refractivity contribution is 0.0239. The van der Waals surface area contributed by atoms with Crippen LogP contribution in [-0.2, 0) is 11.2 Å². The SMILES string of the molecule is CCc1nnc(N2CCN(C(=O)OC(C)(C)C)CC2)o1. The van der Waals surface area contributed by atoms with Gasteiger partial charge in [0.05, 0.1) is 0 Å². The van der Waals surface area contributed by atoms with Gasteiger partial charge in [0.1, 0.15) is 5.60 Å².